The molecule has 0 aliphatic carbocycles. The molecule has 2 rings (SSSR count). The molecule has 4 nitrogen and oxygen atoms in total. The molecule has 1 aromatic rings. The summed E-state index contributed by atoms with van der Waals surface area (Å²) in [6.07, 6.45) is -6.61. The van der Waals surface area contributed by atoms with Gasteiger partial charge >= 0.3 is 6.18 Å². The van der Waals surface area contributed by atoms with Crippen molar-refractivity contribution >= 4 is 17.7 Å². The average Bonchev–Trinajstić information content (AvgIpc) is 2.25. The van der Waals surface area contributed by atoms with Crippen LogP contribution < -0.4 is 4.74 Å². The predicted octanol–water partition coefficient (Wildman–Crippen LogP) is 3.28. The standard InChI is InChI=1S/C10H5ClF3NO3/c11-6-2-1-5-3-7(15(16)17)9(10(12,13)14)18-8(5)4-6/h1-4,9H. The molecule has 96 valence electrons. The first-order valence-electron chi connectivity index (χ1n) is 4.68. The van der Waals surface area contributed by atoms with Crippen LogP contribution in [0.15, 0.2) is 23.9 Å². The fourth-order valence-electron chi connectivity index (χ4n) is 1.53. The number of benzene rings is 1. The van der Waals surface area contributed by atoms with E-state index in [9.17, 15) is 23.3 Å². The number of alkyl halides is 3. The van der Waals surface area contributed by atoms with Crippen LogP contribution in [-0.4, -0.2) is 17.2 Å². The number of hydrogen-bond acceptors (Lipinski definition) is 3. The molecule has 0 spiro atoms. The molecular weight excluding hydrogens is 275 g/mol. The zero-order valence-corrected chi connectivity index (χ0v) is 9.33. The maximum atomic E-state index is 12.6. The molecule has 0 bridgehead atoms. The molecule has 0 aromatic heterocycles. The Hall–Kier alpha value is -1.76. The van der Waals surface area contributed by atoms with Gasteiger partial charge in [-0.15, -0.1) is 0 Å². The summed E-state index contributed by atoms with van der Waals surface area (Å²) < 4.78 is 42.6. The minimum absolute atomic E-state index is 0.129. The van der Waals surface area contributed by atoms with Crippen molar-refractivity contribution in [2.45, 2.75) is 12.3 Å². The van der Waals surface area contributed by atoms with Crippen molar-refractivity contribution in [3.63, 3.8) is 0 Å². The van der Waals surface area contributed by atoms with Gasteiger partial charge in [0.05, 0.1) is 4.92 Å². The van der Waals surface area contributed by atoms with Gasteiger partial charge in [0.15, 0.2) is 0 Å². The Kier molecular flexibility index (Phi) is 2.94. The second kappa shape index (κ2) is 4.16. The molecule has 1 atom stereocenters. The van der Waals surface area contributed by atoms with Gasteiger partial charge in [-0.25, -0.2) is 0 Å². The van der Waals surface area contributed by atoms with Gasteiger partial charge in [0.1, 0.15) is 5.75 Å². The number of halogens is 4. The molecule has 18 heavy (non-hydrogen) atoms. The summed E-state index contributed by atoms with van der Waals surface area (Å²) >= 11 is 5.62. The molecule has 1 aromatic carbocycles. The third kappa shape index (κ3) is 2.26. The van der Waals surface area contributed by atoms with Crippen molar-refractivity contribution in [2.24, 2.45) is 0 Å². The highest BCUT2D eigenvalue weighted by atomic mass is 35.5. The largest absolute Gasteiger partial charge is 0.469 e. The maximum Gasteiger partial charge on any atom is 0.436 e. The number of fused-ring (bicyclic) bond motifs is 1. The Bertz CT molecular complexity index is 542. The molecular formula is C10H5ClF3NO3. The normalized spacial score (nSPS) is 18.7. The van der Waals surface area contributed by atoms with Crippen molar-refractivity contribution in [3.8, 4) is 5.75 Å². The Morgan fingerprint density at radius 1 is 1.39 bits per heavy atom. The predicted molar refractivity (Wildman–Crippen MR) is 56.9 cm³/mol. The lowest BCUT2D eigenvalue weighted by Gasteiger charge is -2.24. The van der Waals surface area contributed by atoms with Gasteiger partial charge < -0.3 is 4.74 Å². The van der Waals surface area contributed by atoms with Gasteiger partial charge in [-0.05, 0) is 18.2 Å². The molecule has 0 saturated heterocycles. The van der Waals surface area contributed by atoms with E-state index in [1.165, 1.54) is 18.2 Å². The summed E-state index contributed by atoms with van der Waals surface area (Å²) in [5.74, 6) is -0.129. The van der Waals surface area contributed by atoms with Gasteiger partial charge in [-0.1, -0.05) is 11.6 Å². The third-order valence-electron chi connectivity index (χ3n) is 2.30. The Labute approximate surface area is 104 Å². The van der Waals surface area contributed by atoms with Crippen LogP contribution >= 0.6 is 11.6 Å². The second-order valence-electron chi connectivity index (χ2n) is 3.55. The number of hydrogen-bond donors (Lipinski definition) is 0. The van der Waals surface area contributed by atoms with Gasteiger partial charge in [-0.3, -0.25) is 10.1 Å². The highest BCUT2D eigenvalue weighted by Crippen LogP contribution is 2.38. The lowest BCUT2D eigenvalue weighted by atomic mass is 10.1. The topological polar surface area (TPSA) is 52.4 Å². The lowest BCUT2D eigenvalue weighted by molar-refractivity contribution is -0.443. The van der Waals surface area contributed by atoms with Crippen molar-refractivity contribution < 1.29 is 22.8 Å². The van der Waals surface area contributed by atoms with Crippen LogP contribution in [0.25, 0.3) is 6.08 Å². The van der Waals surface area contributed by atoms with Crippen molar-refractivity contribution in [3.05, 3.63) is 44.6 Å². The molecule has 1 heterocycles. The summed E-state index contributed by atoms with van der Waals surface area (Å²) in [4.78, 5) is 9.52. The zero-order valence-electron chi connectivity index (χ0n) is 8.57. The highest BCUT2D eigenvalue weighted by molar-refractivity contribution is 6.30. The van der Waals surface area contributed by atoms with E-state index >= 15 is 0 Å². The minimum Gasteiger partial charge on any atom is -0.469 e. The third-order valence-corrected chi connectivity index (χ3v) is 2.54. The van der Waals surface area contributed by atoms with Crippen LogP contribution in [0.5, 0.6) is 5.75 Å². The number of ether oxygens (including phenoxy) is 1. The van der Waals surface area contributed by atoms with Crippen LogP contribution in [0.4, 0.5) is 13.2 Å². The summed E-state index contributed by atoms with van der Waals surface area (Å²) in [7, 11) is 0. The van der Waals surface area contributed by atoms with E-state index in [2.05, 4.69) is 4.74 Å². The quantitative estimate of drug-likeness (QED) is 0.585. The summed E-state index contributed by atoms with van der Waals surface area (Å²) in [5.41, 5.74) is -0.857. The van der Waals surface area contributed by atoms with E-state index in [0.717, 1.165) is 6.08 Å². The van der Waals surface area contributed by atoms with E-state index in [4.69, 9.17) is 11.6 Å². The molecule has 1 aliphatic rings. The fourth-order valence-corrected chi connectivity index (χ4v) is 1.70. The van der Waals surface area contributed by atoms with E-state index in [1.54, 1.807) is 0 Å². The van der Waals surface area contributed by atoms with Crippen molar-refractivity contribution in [2.75, 3.05) is 0 Å². The first-order chi connectivity index (χ1) is 8.29. The maximum absolute atomic E-state index is 12.6. The second-order valence-corrected chi connectivity index (χ2v) is 3.98. The SMILES string of the molecule is O=[N+]([O-])C1=Cc2ccc(Cl)cc2OC1C(F)(F)F. The molecule has 0 amide bonds. The van der Waals surface area contributed by atoms with Gasteiger partial charge in [0.25, 0.3) is 11.8 Å². The molecule has 8 heteroatoms. The monoisotopic (exact) mass is 279 g/mol. The molecule has 1 aliphatic heterocycles. The summed E-state index contributed by atoms with van der Waals surface area (Å²) in [5, 5.41) is 10.8. The Morgan fingerprint density at radius 2 is 2.06 bits per heavy atom. The number of nitro groups is 1. The fraction of sp³-hybridized carbons (Fsp3) is 0.200. The number of rotatable bonds is 1. The van der Waals surface area contributed by atoms with Gasteiger partial charge in [-0.2, -0.15) is 13.2 Å². The van der Waals surface area contributed by atoms with Crippen LogP contribution in [0.1, 0.15) is 5.56 Å². The minimum atomic E-state index is -4.86. The number of nitrogens with zero attached hydrogens (tertiary/aromatic N) is 1. The zero-order chi connectivity index (χ0) is 13.5. The highest BCUT2D eigenvalue weighted by Gasteiger charge is 2.51. The summed E-state index contributed by atoms with van der Waals surface area (Å²) in [6.45, 7) is 0. The van der Waals surface area contributed by atoms with Crippen LogP contribution in [0.3, 0.4) is 0 Å². The van der Waals surface area contributed by atoms with Gasteiger partial charge in [0, 0.05) is 16.7 Å². The Morgan fingerprint density at radius 3 is 2.61 bits per heavy atom. The average molecular weight is 280 g/mol. The lowest BCUT2D eigenvalue weighted by Crippen LogP contribution is -2.40. The van der Waals surface area contributed by atoms with E-state index in [0.29, 0.717) is 0 Å². The van der Waals surface area contributed by atoms with E-state index in [1.807, 2.05) is 0 Å². The molecule has 0 fully saturated rings. The Balaban J connectivity index is 2.53. The molecule has 0 radical (unpaired) electrons. The van der Waals surface area contributed by atoms with Crippen LogP contribution in [0, 0.1) is 10.1 Å². The van der Waals surface area contributed by atoms with E-state index < -0.39 is 22.9 Å². The molecule has 1 unspecified atom stereocenters. The van der Waals surface area contributed by atoms with Crippen LogP contribution in [0.2, 0.25) is 5.02 Å². The summed E-state index contributed by atoms with van der Waals surface area (Å²) in [6, 6.07) is 3.95. The molecule has 0 N–H and O–H groups in total. The van der Waals surface area contributed by atoms with Crippen molar-refractivity contribution in [1.82, 2.24) is 0 Å². The molecule has 0 saturated carbocycles. The smallest absolute Gasteiger partial charge is 0.436 e. The first-order valence-corrected chi connectivity index (χ1v) is 5.06. The van der Waals surface area contributed by atoms with Crippen molar-refractivity contribution in [1.29, 1.82) is 0 Å². The van der Waals surface area contributed by atoms with Crippen LogP contribution in [-0.2, 0) is 0 Å². The van der Waals surface area contributed by atoms with E-state index in [-0.39, 0.29) is 16.3 Å². The van der Waals surface area contributed by atoms with Gasteiger partial charge in [0.2, 0.25) is 0 Å². The first kappa shape index (κ1) is 12.7.